The molecule has 0 saturated carbocycles. The molecule has 2 rings (SSSR count). The van der Waals surface area contributed by atoms with Gasteiger partial charge in [0, 0.05) is 32.2 Å². The molecular weight excluding hydrogens is 294 g/mol. The average molecular weight is 327 g/mol. The van der Waals surface area contributed by atoms with E-state index in [0.717, 1.165) is 52.2 Å². The number of nitrogens with zero attached hydrogens (tertiary/aromatic N) is 1. The second kappa shape index (κ2) is 8.85. The minimum Gasteiger partial charge on any atom is -0.444 e. The van der Waals surface area contributed by atoms with Crippen LogP contribution in [0.1, 0.15) is 46.5 Å². The van der Waals surface area contributed by atoms with Gasteiger partial charge in [0.2, 0.25) is 0 Å². The van der Waals surface area contributed by atoms with Crippen LogP contribution < -0.4 is 10.6 Å². The van der Waals surface area contributed by atoms with E-state index >= 15 is 0 Å². The minimum atomic E-state index is -0.426. The van der Waals surface area contributed by atoms with Gasteiger partial charge in [-0.15, -0.1) is 0 Å². The number of hydrogen-bond donors (Lipinski definition) is 2. The summed E-state index contributed by atoms with van der Waals surface area (Å²) in [5, 5.41) is 6.92. The van der Waals surface area contributed by atoms with E-state index in [2.05, 4.69) is 10.6 Å². The number of carbonyl (C=O) groups excluding carboxylic acids is 1. The van der Waals surface area contributed by atoms with Crippen molar-refractivity contribution < 1.29 is 14.3 Å². The lowest BCUT2D eigenvalue weighted by molar-refractivity contribution is -0.0104. The smallest absolute Gasteiger partial charge is 0.410 e. The van der Waals surface area contributed by atoms with E-state index in [0.29, 0.717) is 6.04 Å². The molecule has 0 spiro atoms. The molecule has 0 aromatic carbocycles. The van der Waals surface area contributed by atoms with Crippen LogP contribution >= 0.6 is 0 Å². The van der Waals surface area contributed by atoms with Crippen LogP contribution in [-0.2, 0) is 9.47 Å². The lowest BCUT2D eigenvalue weighted by Gasteiger charge is -2.33. The highest BCUT2D eigenvalue weighted by atomic mass is 16.6. The Labute approximate surface area is 140 Å². The van der Waals surface area contributed by atoms with E-state index < -0.39 is 5.60 Å². The van der Waals surface area contributed by atoms with Crippen LogP contribution in [0.25, 0.3) is 0 Å². The monoisotopic (exact) mass is 327 g/mol. The zero-order chi connectivity index (χ0) is 16.7. The van der Waals surface area contributed by atoms with Crippen LogP contribution in [0.3, 0.4) is 0 Å². The summed E-state index contributed by atoms with van der Waals surface area (Å²) in [6, 6.07) is 0.632. The Bertz CT molecular complexity index is 357. The van der Waals surface area contributed by atoms with Crippen molar-refractivity contribution >= 4 is 6.09 Å². The maximum atomic E-state index is 12.0. The number of ether oxygens (including phenoxy) is 2. The summed E-state index contributed by atoms with van der Waals surface area (Å²) in [5.74, 6) is 0. The van der Waals surface area contributed by atoms with Crippen molar-refractivity contribution in [2.24, 2.45) is 0 Å². The van der Waals surface area contributed by atoms with Crippen molar-refractivity contribution in [3.05, 3.63) is 0 Å². The highest BCUT2D eigenvalue weighted by Crippen LogP contribution is 2.17. The Morgan fingerprint density at radius 1 is 1.26 bits per heavy atom. The molecule has 2 N–H and O–H groups in total. The number of rotatable bonds is 6. The lowest BCUT2D eigenvalue weighted by atomic mass is 10.1. The van der Waals surface area contributed by atoms with Gasteiger partial charge in [-0.3, -0.25) is 0 Å². The second-order valence-corrected chi connectivity index (χ2v) is 7.53. The highest BCUT2D eigenvalue weighted by Gasteiger charge is 2.27. The first-order valence-corrected chi connectivity index (χ1v) is 8.98. The molecule has 6 heteroatoms. The van der Waals surface area contributed by atoms with Gasteiger partial charge in [0.1, 0.15) is 5.60 Å². The van der Waals surface area contributed by atoms with Crippen molar-refractivity contribution in [1.29, 1.82) is 0 Å². The molecule has 1 atom stereocenters. The van der Waals surface area contributed by atoms with Gasteiger partial charge >= 0.3 is 6.09 Å². The zero-order valence-corrected chi connectivity index (χ0v) is 14.9. The SMILES string of the molecule is CC(C)(C)OC(=O)N1CCC(OCCNCC2CCCN2)CC1. The number of likely N-dealkylation sites (tertiary alicyclic amines) is 1. The van der Waals surface area contributed by atoms with E-state index in [4.69, 9.17) is 9.47 Å². The molecule has 134 valence electrons. The zero-order valence-electron chi connectivity index (χ0n) is 14.9. The fourth-order valence-corrected chi connectivity index (χ4v) is 3.04. The standard InChI is InChI=1S/C17H33N3O3/c1-17(2,3)23-16(21)20-10-6-15(7-11-20)22-12-9-18-13-14-5-4-8-19-14/h14-15,18-19H,4-13H2,1-3H3. The largest absolute Gasteiger partial charge is 0.444 e. The van der Waals surface area contributed by atoms with E-state index in [1.165, 1.54) is 12.8 Å². The number of amides is 1. The first kappa shape index (κ1) is 18.5. The Kier molecular flexibility index (Phi) is 7.11. The predicted molar refractivity (Wildman–Crippen MR) is 90.7 cm³/mol. The van der Waals surface area contributed by atoms with Crippen molar-refractivity contribution in [3.8, 4) is 0 Å². The van der Waals surface area contributed by atoms with Crippen LogP contribution in [0.4, 0.5) is 4.79 Å². The first-order chi connectivity index (χ1) is 10.9. The summed E-state index contributed by atoms with van der Waals surface area (Å²) in [7, 11) is 0. The Morgan fingerprint density at radius 2 is 2.00 bits per heavy atom. The van der Waals surface area contributed by atoms with Crippen molar-refractivity contribution in [2.75, 3.05) is 39.3 Å². The van der Waals surface area contributed by atoms with Crippen molar-refractivity contribution in [1.82, 2.24) is 15.5 Å². The van der Waals surface area contributed by atoms with Crippen LogP contribution in [0.2, 0.25) is 0 Å². The van der Waals surface area contributed by atoms with Gasteiger partial charge in [0.15, 0.2) is 0 Å². The molecule has 2 fully saturated rings. The summed E-state index contributed by atoms with van der Waals surface area (Å²) in [6.07, 6.45) is 4.41. The molecular formula is C17H33N3O3. The van der Waals surface area contributed by atoms with Crippen LogP contribution in [0, 0.1) is 0 Å². The van der Waals surface area contributed by atoms with Gasteiger partial charge in [0.05, 0.1) is 12.7 Å². The van der Waals surface area contributed by atoms with Crippen molar-refractivity contribution in [3.63, 3.8) is 0 Å². The second-order valence-electron chi connectivity index (χ2n) is 7.53. The van der Waals surface area contributed by atoms with Crippen LogP contribution in [0.15, 0.2) is 0 Å². The maximum absolute atomic E-state index is 12.0. The van der Waals surface area contributed by atoms with Gasteiger partial charge in [0.25, 0.3) is 0 Å². The molecule has 2 aliphatic rings. The van der Waals surface area contributed by atoms with E-state index in [1.54, 1.807) is 4.90 Å². The predicted octanol–water partition coefficient (Wildman–Crippen LogP) is 1.74. The number of piperidine rings is 1. The molecule has 2 saturated heterocycles. The van der Waals surface area contributed by atoms with Gasteiger partial charge in [-0.1, -0.05) is 0 Å². The third-order valence-corrected chi connectivity index (χ3v) is 4.28. The van der Waals surface area contributed by atoms with E-state index in [1.807, 2.05) is 20.8 Å². The summed E-state index contributed by atoms with van der Waals surface area (Å²) >= 11 is 0. The normalized spacial score (nSPS) is 23.3. The van der Waals surface area contributed by atoms with Crippen molar-refractivity contribution in [2.45, 2.75) is 64.2 Å². The van der Waals surface area contributed by atoms with Gasteiger partial charge in [-0.2, -0.15) is 0 Å². The molecule has 0 bridgehead atoms. The third-order valence-electron chi connectivity index (χ3n) is 4.28. The quantitative estimate of drug-likeness (QED) is 0.728. The number of hydrogen-bond acceptors (Lipinski definition) is 5. The van der Waals surface area contributed by atoms with E-state index in [9.17, 15) is 4.79 Å². The fraction of sp³-hybridized carbons (Fsp3) is 0.941. The summed E-state index contributed by atoms with van der Waals surface area (Å²) in [5.41, 5.74) is -0.426. The molecule has 2 aliphatic heterocycles. The van der Waals surface area contributed by atoms with Gasteiger partial charge in [-0.05, 0) is 53.0 Å². The van der Waals surface area contributed by atoms with Gasteiger partial charge < -0.3 is 25.0 Å². The molecule has 23 heavy (non-hydrogen) atoms. The maximum Gasteiger partial charge on any atom is 0.410 e. The lowest BCUT2D eigenvalue weighted by Crippen LogP contribution is -2.43. The Morgan fingerprint density at radius 3 is 2.61 bits per heavy atom. The summed E-state index contributed by atoms with van der Waals surface area (Å²) in [6.45, 7) is 10.9. The average Bonchev–Trinajstić information content (AvgIpc) is 2.99. The fourth-order valence-electron chi connectivity index (χ4n) is 3.04. The molecule has 1 unspecified atom stereocenters. The molecule has 0 aliphatic carbocycles. The number of nitrogens with one attached hydrogen (secondary N) is 2. The topological polar surface area (TPSA) is 62.8 Å². The summed E-state index contributed by atoms with van der Waals surface area (Å²) < 4.78 is 11.3. The van der Waals surface area contributed by atoms with Crippen LogP contribution in [0.5, 0.6) is 0 Å². The third kappa shape index (κ3) is 7.06. The molecule has 1 amide bonds. The molecule has 0 aromatic heterocycles. The van der Waals surface area contributed by atoms with Crippen LogP contribution in [-0.4, -0.2) is 68.1 Å². The summed E-state index contributed by atoms with van der Waals surface area (Å²) in [4.78, 5) is 13.8. The van der Waals surface area contributed by atoms with E-state index in [-0.39, 0.29) is 12.2 Å². The van der Waals surface area contributed by atoms with Gasteiger partial charge in [-0.25, -0.2) is 4.79 Å². The number of carbonyl (C=O) groups is 1. The Balaban J connectivity index is 1.51. The molecule has 0 radical (unpaired) electrons. The first-order valence-electron chi connectivity index (χ1n) is 8.98. The minimum absolute atomic E-state index is 0.207. The molecule has 2 heterocycles. The highest BCUT2D eigenvalue weighted by molar-refractivity contribution is 5.68. The molecule has 0 aromatic rings. The Hall–Kier alpha value is -0.850. The molecule has 6 nitrogen and oxygen atoms in total.